The van der Waals surface area contributed by atoms with E-state index in [0.29, 0.717) is 0 Å². The third-order valence-electron chi connectivity index (χ3n) is 0.756. The van der Waals surface area contributed by atoms with Crippen LogP contribution in [0.2, 0.25) is 0 Å². The first-order chi connectivity index (χ1) is 3.39. The first kappa shape index (κ1) is 5.24. The Balaban J connectivity index is 3.02. The van der Waals surface area contributed by atoms with Crippen LogP contribution in [0, 0.1) is 0 Å². The van der Waals surface area contributed by atoms with E-state index >= 15 is 0 Å². The summed E-state index contributed by atoms with van der Waals surface area (Å²) in [5.74, 6) is 0. The zero-order chi connectivity index (χ0) is 5.11. The summed E-state index contributed by atoms with van der Waals surface area (Å²) < 4.78 is 1.43. The summed E-state index contributed by atoms with van der Waals surface area (Å²) in [6.45, 7) is 0. The fraction of sp³-hybridized carbons (Fsp3) is 0. The third kappa shape index (κ3) is 1.56. The fourth-order valence-corrected chi connectivity index (χ4v) is 1.10. The molecule has 0 heterocycles. The molecule has 0 bridgehead atoms. The van der Waals surface area contributed by atoms with Crippen LogP contribution < -0.4 is 3.27 Å². The monoisotopic (exact) mass is 286 g/mol. The predicted octanol–water partition coefficient (Wildman–Crippen LogP) is 0.480. The van der Waals surface area contributed by atoms with Gasteiger partial charge in [0.25, 0.3) is 0 Å². The van der Waals surface area contributed by atoms with Gasteiger partial charge in [0.15, 0.2) is 0 Å². The van der Waals surface area contributed by atoms with E-state index < -0.39 is 0 Å². The second kappa shape index (κ2) is 2.42. The standard InChI is InChI=1S/C6H5.Bi/c1-2-4-6-5-3-1;/h1-5H;/q;+1. The van der Waals surface area contributed by atoms with E-state index in [1.54, 1.807) is 0 Å². The molecule has 0 amide bonds. The van der Waals surface area contributed by atoms with Crippen LogP contribution in [0.15, 0.2) is 30.3 Å². The maximum atomic E-state index is 2.13. The quantitative estimate of drug-likeness (QED) is 0.609. The average molecular weight is 286 g/mol. The molecule has 3 radical (unpaired) electrons. The van der Waals surface area contributed by atoms with Gasteiger partial charge in [-0.25, -0.2) is 0 Å². The topological polar surface area (TPSA) is 0 Å². The van der Waals surface area contributed by atoms with Crippen LogP contribution in [0.4, 0.5) is 0 Å². The molecule has 0 saturated heterocycles. The van der Waals surface area contributed by atoms with Crippen molar-refractivity contribution in [3.8, 4) is 0 Å². The van der Waals surface area contributed by atoms with Crippen molar-refractivity contribution in [1.29, 1.82) is 0 Å². The van der Waals surface area contributed by atoms with Gasteiger partial charge in [-0.1, -0.05) is 0 Å². The van der Waals surface area contributed by atoms with Gasteiger partial charge in [0.1, 0.15) is 0 Å². The number of benzene rings is 1. The Hall–Kier alpha value is 0.103. The van der Waals surface area contributed by atoms with Crippen molar-refractivity contribution < 1.29 is 0 Å². The molecule has 1 aromatic carbocycles. The van der Waals surface area contributed by atoms with Gasteiger partial charge in [0, 0.05) is 0 Å². The molecule has 1 rings (SSSR count). The van der Waals surface area contributed by atoms with E-state index in [9.17, 15) is 0 Å². The minimum atomic E-state index is 1.36. The molecule has 0 fully saturated rings. The van der Waals surface area contributed by atoms with Gasteiger partial charge in [-0.15, -0.1) is 0 Å². The Kier molecular flexibility index (Phi) is 1.81. The SMILES string of the molecule is [Bi+][c]1ccccc1. The molecule has 7 heavy (non-hydrogen) atoms. The van der Waals surface area contributed by atoms with E-state index in [0.717, 1.165) is 0 Å². The van der Waals surface area contributed by atoms with Gasteiger partial charge < -0.3 is 0 Å². The molecule has 0 unspecified atom stereocenters. The molecule has 33 valence electrons. The first-order valence-corrected chi connectivity index (χ1v) is 3.87. The van der Waals surface area contributed by atoms with Crippen LogP contribution in [-0.2, 0) is 0 Å². The van der Waals surface area contributed by atoms with Gasteiger partial charge in [-0.05, 0) is 0 Å². The molecule has 0 aliphatic heterocycles. The van der Waals surface area contributed by atoms with Gasteiger partial charge in [0.05, 0.1) is 0 Å². The predicted molar refractivity (Wildman–Crippen MR) is 31.8 cm³/mol. The van der Waals surface area contributed by atoms with Crippen molar-refractivity contribution in [3.05, 3.63) is 30.3 Å². The summed E-state index contributed by atoms with van der Waals surface area (Å²) in [5.41, 5.74) is 0. The molecule has 0 nitrogen and oxygen atoms in total. The van der Waals surface area contributed by atoms with Crippen LogP contribution in [0.3, 0.4) is 0 Å². The molecule has 0 aliphatic carbocycles. The van der Waals surface area contributed by atoms with E-state index in [-0.39, 0.29) is 0 Å². The molecule has 0 aliphatic rings. The van der Waals surface area contributed by atoms with E-state index in [4.69, 9.17) is 0 Å². The summed E-state index contributed by atoms with van der Waals surface area (Å²) in [6.07, 6.45) is 0. The number of rotatable bonds is 0. The van der Waals surface area contributed by atoms with Crippen molar-refractivity contribution in [1.82, 2.24) is 0 Å². The summed E-state index contributed by atoms with van der Waals surface area (Å²) in [7, 11) is 0. The molecule has 0 aromatic heterocycles. The van der Waals surface area contributed by atoms with Gasteiger partial charge >= 0.3 is 58.3 Å². The first-order valence-electron chi connectivity index (χ1n) is 2.13. The van der Waals surface area contributed by atoms with Crippen LogP contribution in [-0.4, -0.2) is 24.7 Å². The zero-order valence-corrected chi connectivity index (χ0v) is 7.31. The zero-order valence-electron chi connectivity index (χ0n) is 3.83. The van der Waals surface area contributed by atoms with Crippen LogP contribution >= 0.6 is 0 Å². The van der Waals surface area contributed by atoms with Crippen molar-refractivity contribution >= 4 is 28.0 Å². The van der Waals surface area contributed by atoms with E-state index in [2.05, 4.69) is 24.3 Å². The van der Waals surface area contributed by atoms with E-state index in [1.807, 2.05) is 6.07 Å². The fourth-order valence-electron chi connectivity index (χ4n) is 0.428. The molecule has 0 saturated carbocycles. The normalized spacial score (nSPS) is 8.71. The summed E-state index contributed by atoms with van der Waals surface area (Å²) in [5, 5.41) is 0. The molecular formula is C6H5Bi+. The molecule has 1 aromatic rings. The van der Waals surface area contributed by atoms with Gasteiger partial charge in [-0.2, -0.15) is 0 Å². The molecule has 0 N–H and O–H groups in total. The summed E-state index contributed by atoms with van der Waals surface area (Å²) in [6, 6.07) is 10.4. The number of hydrogen-bond acceptors (Lipinski definition) is 0. The number of hydrogen-bond donors (Lipinski definition) is 0. The Morgan fingerprint density at radius 2 is 1.57 bits per heavy atom. The van der Waals surface area contributed by atoms with Crippen LogP contribution in [0.25, 0.3) is 0 Å². The maximum absolute atomic E-state index is 2.13. The Morgan fingerprint density at radius 1 is 1.00 bits per heavy atom. The minimum absolute atomic E-state index is 1.36. The molecular weight excluding hydrogens is 281 g/mol. The average Bonchev–Trinajstić information content (AvgIpc) is 1.69. The Labute approximate surface area is 58.4 Å². The second-order valence-electron chi connectivity index (χ2n) is 1.34. The van der Waals surface area contributed by atoms with Crippen molar-refractivity contribution in [2.24, 2.45) is 0 Å². The van der Waals surface area contributed by atoms with Gasteiger partial charge in [-0.3, -0.25) is 0 Å². The third-order valence-corrected chi connectivity index (χ3v) is 1.92. The molecule has 0 spiro atoms. The Bertz CT molecular complexity index is 134. The van der Waals surface area contributed by atoms with Crippen molar-refractivity contribution in [2.75, 3.05) is 0 Å². The van der Waals surface area contributed by atoms with Crippen LogP contribution in [0.1, 0.15) is 0 Å². The van der Waals surface area contributed by atoms with Crippen molar-refractivity contribution in [3.63, 3.8) is 0 Å². The van der Waals surface area contributed by atoms with Crippen molar-refractivity contribution in [2.45, 2.75) is 0 Å². The van der Waals surface area contributed by atoms with Gasteiger partial charge in [0.2, 0.25) is 0 Å². The van der Waals surface area contributed by atoms with Crippen LogP contribution in [0.5, 0.6) is 0 Å². The second-order valence-corrected chi connectivity index (χ2v) is 3.34. The molecule has 0 atom stereocenters. The summed E-state index contributed by atoms with van der Waals surface area (Å²) in [4.78, 5) is 0. The van der Waals surface area contributed by atoms with E-state index in [1.165, 1.54) is 28.0 Å². The summed E-state index contributed by atoms with van der Waals surface area (Å²) >= 11 is 1.36. The Morgan fingerprint density at radius 3 is 1.86 bits per heavy atom. The molecule has 1 heteroatoms.